The van der Waals surface area contributed by atoms with E-state index in [9.17, 15) is 0 Å². The molecule has 6 heteroatoms. The van der Waals surface area contributed by atoms with E-state index in [1.807, 2.05) is 12.3 Å². The van der Waals surface area contributed by atoms with Gasteiger partial charge in [-0.1, -0.05) is 26.0 Å². The van der Waals surface area contributed by atoms with Crippen molar-refractivity contribution in [1.29, 1.82) is 0 Å². The third-order valence-electron chi connectivity index (χ3n) is 6.16. The van der Waals surface area contributed by atoms with Crippen LogP contribution in [0.4, 0.5) is 5.69 Å². The summed E-state index contributed by atoms with van der Waals surface area (Å²) in [5.41, 5.74) is 6.28. The number of piperazine rings is 1. The molecular weight excluding hydrogens is 384 g/mol. The van der Waals surface area contributed by atoms with E-state index in [0.717, 1.165) is 49.6 Å². The number of H-pyrrole nitrogens is 1. The van der Waals surface area contributed by atoms with E-state index >= 15 is 0 Å². The highest BCUT2D eigenvalue weighted by molar-refractivity contribution is 5.89. The molecule has 2 aliphatic rings. The molecule has 0 amide bonds. The Balaban J connectivity index is 0.000000192. The molecule has 0 saturated carbocycles. The first-order valence-corrected chi connectivity index (χ1v) is 11.7. The highest BCUT2D eigenvalue weighted by Gasteiger charge is 2.18. The van der Waals surface area contributed by atoms with Crippen molar-refractivity contribution in [3.05, 3.63) is 53.6 Å². The molecule has 3 aromatic rings. The molecule has 31 heavy (non-hydrogen) atoms. The molecule has 2 aromatic heterocycles. The maximum absolute atomic E-state index is 4.81. The summed E-state index contributed by atoms with van der Waals surface area (Å²) in [7, 11) is 2.18. The second-order valence-corrected chi connectivity index (χ2v) is 9.00. The normalized spacial score (nSPS) is 16.8. The third-order valence-corrected chi connectivity index (χ3v) is 6.16. The predicted octanol–water partition coefficient (Wildman–Crippen LogP) is 3.77. The molecular formula is C25H36N6. The van der Waals surface area contributed by atoms with Crippen LogP contribution in [0.1, 0.15) is 43.8 Å². The Hall–Kier alpha value is -2.44. The molecule has 0 spiro atoms. The van der Waals surface area contributed by atoms with Gasteiger partial charge >= 0.3 is 0 Å². The number of anilines is 1. The van der Waals surface area contributed by atoms with Gasteiger partial charge in [0.05, 0.1) is 17.7 Å². The molecule has 0 unspecified atom stereocenters. The van der Waals surface area contributed by atoms with Crippen LogP contribution in [0.3, 0.4) is 0 Å². The number of aromatic nitrogens is 3. The Morgan fingerprint density at radius 1 is 1.03 bits per heavy atom. The van der Waals surface area contributed by atoms with Crippen molar-refractivity contribution in [2.45, 2.75) is 52.1 Å². The molecule has 0 radical (unpaired) electrons. The van der Waals surface area contributed by atoms with E-state index < -0.39 is 0 Å². The highest BCUT2D eigenvalue weighted by Crippen LogP contribution is 2.26. The Labute approximate surface area is 186 Å². The molecule has 3 heterocycles. The molecule has 1 fully saturated rings. The van der Waals surface area contributed by atoms with E-state index in [0.29, 0.717) is 6.04 Å². The number of likely N-dealkylation sites (N-methyl/N-ethyl adjacent to an activating group) is 1. The van der Waals surface area contributed by atoms with Crippen molar-refractivity contribution in [2.75, 3.05) is 38.1 Å². The first kappa shape index (κ1) is 21.8. The van der Waals surface area contributed by atoms with E-state index in [1.54, 1.807) is 0 Å². The van der Waals surface area contributed by atoms with Crippen LogP contribution >= 0.6 is 0 Å². The van der Waals surface area contributed by atoms with Gasteiger partial charge in [-0.3, -0.25) is 4.98 Å². The van der Waals surface area contributed by atoms with Gasteiger partial charge in [-0.25, -0.2) is 4.98 Å². The number of hydrogen-bond acceptors (Lipinski definition) is 5. The average Bonchev–Trinajstić information content (AvgIpc) is 3.22. The minimum absolute atomic E-state index is 0.468. The van der Waals surface area contributed by atoms with Gasteiger partial charge in [0, 0.05) is 44.1 Å². The van der Waals surface area contributed by atoms with Crippen LogP contribution in [0.2, 0.25) is 0 Å². The van der Waals surface area contributed by atoms with E-state index in [1.165, 1.54) is 42.6 Å². The number of aryl methyl sites for hydroxylation is 2. The number of nitrogens with one attached hydrogen (secondary N) is 2. The van der Waals surface area contributed by atoms with Crippen molar-refractivity contribution in [1.82, 2.24) is 25.2 Å². The number of aromatic amines is 1. The summed E-state index contributed by atoms with van der Waals surface area (Å²) in [5, 5.41) is 3.41. The van der Waals surface area contributed by atoms with Crippen LogP contribution in [0, 0.1) is 0 Å². The number of benzene rings is 1. The van der Waals surface area contributed by atoms with Gasteiger partial charge in [-0.05, 0) is 56.5 Å². The lowest BCUT2D eigenvalue weighted by molar-refractivity contribution is 0.313. The molecule has 1 aliphatic heterocycles. The summed E-state index contributed by atoms with van der Waals surface area (Å²) in [6.07, 6.45) is 6.99. The standard InChI is InChI=1S/C16H25N5.C9H11N/c1-12(2)17-11-15-18-13-5-4-6-14(16(13)19-15)21-9-7-20(3)8-10-21;1-2-6-9-8(4-1)5-3-7-10-9/h4-6,12,17H,7-11H2,1-3H3,(H,18,19);3,5,7H,1-2,4,6H2. The van der Waals surface area contributed by atoms with Gasteiger partial charge in [0.2, 0.25) is 0 Å². The van der Waals surface area contributed by atoms with Crippen molar-refractivity contribution in [2.24, 2.45) is 0 Å². The molecule has 5 rings (SSSR count). The summed E-state index contributed by atoms with van der Waals surface area (Å²) in [6.45, 7) is 9.46. The van der Waals surface area contributed by atoms with Crippen LogP contribution in [-0.2, 0) is 19.4 Å². The highest BCUT2D eigenvalue weighted by atomic mass is 15.3. The van der Waals surface area contributed by atoms with Crippen LogP contribution in [0.15, 0.2) is 36.5 Å². The van der Waals surface area contributed by atoms with Crippen molar-refractivity contribution < 1.29 is 0 Å². The number of fused-ring (bicyclic) bond motifs is 2. The number of imidazole rings is 1. The SMILES string of the molecule is CC(C)NCc1nc2c(N3CCN(C)CC3)cccc2[nH]1.c1cnc2c(c1)CCCC2. The summed E-state index contributed by atoms with van der Waals surface area (Å²) in [5.74, 6) is 1.01. The first-order chi connectivity index (χ1) is 15.1. The Morgan fingerprint density at radius 2 is 1.84 bits per heavy atom. The van der Waals surface area contributed by atoms with Crippen molar-refractivity contribution in [3.8, 4) is 0 Å². The minimum Gasteiger partial charge on any atom is -0.367 e. The van der Waals surface area contributed by atoms with Gasteiger partial charge in [0.15, 0.2) is 0 Å². The predicted molar refractivity (Wildman–Crippen MR) is 129 cm³/mol. The topological polar surface area (TPSA) is 60.1 Å². The monoisotopic (exact) mass is 420 g/mol. The number of para-hydroxylation sites is 1. The molecule has 1 aromatic carbocycles. The molecule has 6 nitrogen and oxygen atoms in total. The Kier molecular flexibility index (Phi) is 7.20. The van der Waals surface area contributed by atoms with Crippen LogP contribution in [-0.4, -0.2) is 59.1 Å². The fourth-order valence-corrected chi connectivity index (χ4v) is 4.29. The second-order valence-electron chi connectivity index (χ2n) is 9.00. The first-order valence-electron chi connectivity index (χ1n) is 11.7. The summed E-state index contributed by atoms with van der Waals surface area (Å²) >= 11 is 0. The summed E-state index contributed by atoms with van der Waals surface area (Å²) in [4.78, 5) is 17.4. The van der Waals surface area contributed by atoms with E-state index in [4.69, 9.17) is 4.98 Å². The second kappa shape index (κ2) is 10.2. The molecule has 1 saturated heterocycles. The molecule has 0 atom stereocenters. The van der Waals surface area contributed by atoms with Crippen LogP contribution in [0.25, 0.3) is 11.0 Å². The largest absolute Gasteiger partial charge is 0.367 e. The zero-order chi connectivity index (χ0) is 21.6. The minimum atomic E-state index is 0.468. The van der Waals surface area contributed by atoms with Crippen LogP contribution < -0.4 is 10.2 Å². The van der Waals surface area contributed by atoms with Crippen molar-refractivity contribution in [3.63, 3.8) is 0 Å². The van der Waals surface area contributed by atoms with Gasteiger partial charge in [0.25, 0.3) is 0 Å². The fourth-order valence-electron chi connectivity index (χ4n) is 4.29. The summed E-state index contributed by atoms with van der Waals surface area (Å²) in [6, 6.07) is 11.1. The molecule has 1 aliphatic carbocycles. The van der Waals surface area contributed by atoms with E-state index in [-0.39, 0.29) is 0 Å². The van der Waals surface area contributed by atoms with Gasteiger partial charge in [-0.15, -0.1) is 0 Å². The molecule has 166 valence electrons. The fraction of sp³-hybridized carbons (Fsp3) is 0.520. The van der Waals surface area contributed by atoms with Crippen LogP contribution in [0.5, 0.6) is 0 Å². The Morgan fingerprint density at radius 3 is 2.61 bits per heavy atom. The maximum atomic E-state index is 4.81. The number of hydrogen-bond donors (Lipinski definition) is 2. The lowest BCUT2D eigenvalue weighted by atomic mass is 9.96. The zero-order valence-electron chi connectivity index (χ0n) is 19.2. The zero-order valence-corrected chi connectivity index (χ0v) is 19.2. The maximum Gasteiger partial charge on any atom is 0.121 e. The number of nitrogens with zero attached hydrogens (tertiary/aromatic N) is 4. The summed E-state index contributed by atoms with van der Waals surface area (Å²) < 4.78 is 0. The molecule has 0 bridgehead atoms. The number of pyridine rings is 1. The lowest BCUT2D eigenvalue weighted by Crippen LogP contribution is -2.44. The average molecular weight is 421 g/mol. The smallest absolute Gasteiger partial charge is 0.121 e. The van der Waals surface area contributed by atoms with Gasteiger partial charge in [0.1, 0.15) is 11.3 Å². The Bertz CT molecular complexity index is 946. The quantitative estimate of drug-likeness (QED) is 0.673. The molecule has 2 N–H and O–H groups in total. The van der Waals surface area contributed by atoms with E-state index in [2.05, 4.69) is 70.2 Å². The lowest BCUT2D eigenvalue weighted by Gasteiger charge is -2.34. The van der Waals surface area contributed by atoms with Gasteiger partial charge < -0.3 is 20.1 Å². The number of rotatable bonds is 4. The van der Waals surface area contributed by atoms with Crippen molar-refractivity contribution >= 4 is 16.7 Å². The third kappa shape index (κ3) is 5.63. The van der Waals surface area contributed by atoms with Gasteiger partial charge in [-0.2, -0.15) is 0 Å².